The van der Waals surface area contributed by atoms with E-state index >= 15 is 0 Å². The number of para-hydroxylation sites is 1. The number of nitrogens with zero attached hydrogens (tertiary/aromatic N) is 1. The number of rotatable bonds is 7. The number of esters is 2. The maximum Gasteiger partial charge on any atom is 0.326 e. The maximum absolute atomic E-state index is 12.2. The van der Waals surface area contributed by atoms with Crippen molar-refractivity contribution in [3.05, 3.63) is 30.3 Å². The van der Waals surface area contributed by atoms with E-state index in [0.717, 1.165) is 0 Å². The summed E-state index contributed by atoms with van der Waals surface area (Å²) >= 11 is 0. The molecule has 0 N–H and O–H groups in total. The van der Waals surface area contributed by atoms with Crippen molar-refractivity contribution in [2.75, 3.05) is 24.7 Å². The summed E-state index contributed by atoms with van der Waals surface area (Å²) in [4.78, 5) is 36.4. The van der Waals surface area contributed by atoms with E-state index in [1.807, 2.05) is 0 Å². The molecule has 1 aromatic carbocycles. The fraction of sp³-hybridized carbons (Fsp3) is 0.400. The Morgan fingerprint density at radius 2 is 1.52 bits per heavy atom. The van der Waals surface area contributed by atoms with Crippen molar-refractivity contribution in [2.24, 2.45) is 0 Å². The second kappa shape index (κ2) is 8.73. The Hall–Kier alpha value is -2.37. The van der Waals surface area contributed by atoms with Crippen molar-refractivity contribution in [3.63, 3.8) is 0 Å². The highest BCUT2D eigenvalue weighted by Crippen LogP contribution is 2.14. The second-order valence-corrected chi connectivity index (χ2v) is 4.10. The minimum Gasteiger partial charge on any atom is -0.466 e. The van der Waals surface area contributed by atoms with Crippen LogP contribution in [0.2, 0.25) is 0 Å². The van der Waals surface area contributed by atoms with Crippen LogP contribution in [0, 0.1) is 0 Å². The van der Waals surface area contributed by atoms with E-state index in [1.54, 1.807) is 44.2 Å². The quantitative estimate of drug-likeness (QED) is 0.563. The van der Waals surface area contributed by atoms with Gasteiger partial charge in [0.25, 0.3) is 0 Å². The van der Waals surface area contributed by atoms with Gasteiger partial charge in [-0.1, -0.05) is 18.2 Å². The summed E-state index contributed by atoms with van der Waals surface area (Å²) in [5, 5.41) is 0. The number of amides is 1. The molecule has 0 unspecified atom stereocenters. The van der Waals surface area contributed by atoms with Gasteiger partial charge >= 0.3 is 11.9 Å². The smallest absolute Gasteiger partial charge is 0.326 e. The molecule has 0 aromatic heterocycles. The number of anilines is 1. The molecule has 1 amide bonds. The van der Waals surface area contributed by atoms with Crippen molar-refractivity contribution >= 4 is 23.5 Å². The number of carbonyl (C=O) groups is 3. The predicted molar refractivity (Wildman–Crippen MR) is 76.7 cm³/mol. The summed E-state index contributed by atoms with van der Waals surface area (Å²) in [6.07, 6.45) is -0.415. The van der Waals surface area contributed by atoms with Crippen LogP contribution in [-0.2, 0) is 23.9 Å². The normalized spacial score (nSPS) is 9.81. The summed E-state index contributed by atoms with van der Waals surface area (Å²) < 4.78 is 9.60. The van der Waals surface area contributed by atoms with E-state index in [4.69, 9.17) is 9.47 Å². The fourth-order valence-corrected chi connectivity index (χ4v) is 1.70. The summed E-state index contributed by atoms with van der Waals surface area (Å²) in [6.45, 7) is 3.54. The van der Waals surface area contributed by atoms with E-state index in [1.165, 1.54) is 4.90 Å². The molecule has 0 fully saturated rings. The van der Waals surface area contributed by atoms with Crippen LogP contribution in [0.4, 0.5) is 5.69 Å². The largest absolute Gasteiger partial charge is 0.466 e. The summed E-state index contributed by atoms with van der Waals surface area (Å²) in [7, 11) is 0. The average Bonchev–Trinajstić information content (AvgIpc) is 2.46. The molecule has 0 bridgehead atoms. The molecular weight excluding hydrogens is 274 g/mol. The first-order valence-corrected chi connectivity index (χ1v) is 6.75. The Morgan fingerprint density at radius 1 is 0.952 bits per heavy atom. The average molecular weight is 293 g/mol. The molecule has 0 saturated carbocycles. The van der Waals surface area contributed by atoms with Gasteiger partial charge in [0.15, 0.2) is 0 Å². The molecule has 0 spiro atoms. The third-order valence-corrected chi connectivity index (χ3v) is 2.56. The predicted octanol–water partition coefficient (Wildman–Crippen LogP) is 1.54. The highest BCUT2D eigenvalue weighted by molar-refractivity contribution is 6.05. The van der Waals surface area contributed by atoms with Crippen molar-refractivity contribution in [1.82, 2.24) is 0 Å². The molecule has 0 atom stereocenters. The highest BCUT2D eigenvalue weighted by atomic mass is 16.5. The fourth-order valence-electron chi connectivity index (χ4n) is 1.70. The van der Waals surface area contributed by atoms with Crippen LogP contribution in [0.3, 0.4) is 0 Å². The van der Waals surface area contributed by atoms with Crippen molar-refractivity contribution < 1.29 is 23.9 Å². The standard InChI is InChI=1S/C15H19NO5/c1-3-20-14(18)10-13(17)16(11-15(19)21-4-2)12-8-6-5-7-9-12/h5-9H,3-4,10-11H2,1-2H3. The molecule has 1 aromatic rings. The molecule has 0 saturated heterocycles. The SMILES string of the molecule is CCOC(=O)CC(=O)N(CC(=O)OCC)c1ccccc1. The van der Waals surface area contributed by atoms with E-state index in [-0.39, 0.29) is 19.8 Å². The summed E-state index contributed by atoms with van der Waals surface area (Å²) in [5.41, 5.74) is 0.528. The van der Waals surface area contributed by atoms with Crippen LogP contribution in [0.15, 0.2) is 30.3 Å². The third-order valence-electron chi connectivity index (χ3n) is 2.56. The lowest BCUT2D eigenvalue weighted by Crippen LogP contribution is -2.37. The Balaban J connectivity index is 2.83. The Kier molecular flexibility index (Phi) is 6.94. The Bertz CT molecular complexity index is 486. The van der Waals surface area contributed by atoms with E-state index < -0.39 is 24.3 Å². The molecule has 0 aliphatic heterocycles. The summed E-state index contributed by atoms with van der Waals surface area (Å²) in [5.74, 6) is -1.65. The molecule has 21 heavy (non-hydrogen) atoms. The number of hydrogen-bond acceptors (Lipinski definition) is 5. The van der Waals surface area contributed by atoms with Crippen LogP contribution in [0.5, 0.6) is 0 Å². The first-order valence-electron chi connectivity index (χ1n) is 6.75. The summed E-state index contributed by atoms with van der Waals surface area (Å²) in [6, 6.07) is 8.64. The second-order valence-electron chi connectivity index (χ2n) is 4.10. The zero-order chi connectivity index (χ0) is 15.7. The van der Waals surface area contributed by atoms with Gasteiger partial charge in [0.2, 0.25) is 5.91 Å². The van der Waals surface area contributed by atoms with Gasteiger partial charge in [-0.2, -0.15) is 0 Å². The zero-order valence-corrected chi connectivity index (χ0v) is 12.2. The van der Waals surface area contributed by atoms with Crippen LogP contribution < -0.4 is 4.90 Å². The molecule has 0 heterocycles. The topological polar surface area (TPSA) is 72.9 Å². The molecule has 1 rings (SSSR count). The molecule has 6 heteroatoms. The van der Waals surface area contributed by atoms with Crippen molar-refractivity contribution in [3.8, 4) is 0 Å². The third kappa shape index (κ3) is 5.64. The molecule has 114 valence electrons. The monoisotopic (exact) mass is 293 g/mol. The van der Waals surface area contributed by atoms with Gasteiger partial charge in [-0.25, -0.2) is 0 Å². The minimum absolute atomic E-state index is 0.204. The lowest BCUT2D eigenvalue weighted by atomic mass is 10.2. The highest BCUT2D eigenvalue weighted by Gasteiger charge is 2.22. The lowest BCUT2D eigenvalue weighted by molar-refractivity contribution is -0.147. The van der Waals surface area contributed by atoms with Gasteiger partial charge in [0.05, 0.1) is 13.2 Å². The van der Waals surface area contributed by atoms with Crippen molar-refractivity contribution in [2.45, 2.75) is 20.3 Å². The van der Waals surface area contributed by atoms with E-state index in [9.17, 15) is 14.4 Å². The van der Waals surface area contributed by atoms with E-state index in [0.29, 0.717) is 5.69 Å². The van der Waals surface area contributed by atoms with Gasteiger partial charge in [-0.15, -0.1) is 0 Å². The van der Waals surface area contributed by atoms with Gasteiger partial charge in [-0.05, 0) is 26.0 Å². The van der Waals surface area contributed by atoms with Crippen LogP contribution in [0.25, 0.3) is 0 Å². The van der Waals surface area contributed by atoms with Gasteiger partial charge < -0.3 is 14.4 Å². The van der Waals surface area contributed by atoms with Crippen LogP contribution in [-0.4, -0.2) is 37.6 Å². The molecule has 0 radical (unpaired) electrons. The first kappa shape index (κ1) is 16.7. The van der Waals surface area contributed by atoms with Gasteiger partial charge in [-0.3, -0.25) is 14.4 Å². The number of benzene rings is 1. The molecule has 0 aliphatic carbocycles. The number of hydrogen-bond donors (Lipinski definition) is 0. The van der Waals surface area contributed by atoms with E-state index in [2.05, 4.69) is 0 Å². The molecular formula is C15H19NO5. The van der Waals surface area contributed by atoms with Gasteiger partial charge in [0.1, 0.15) is 13.0 Å². The minimum atomic E-state index is -0.618. The van der Waals surface area contributed by atoms with Crippen LogP contribution in [0.1, 0.15) is 20.3 Å². The van der Waals surface area contributed by atoms with Crippen molar-refractivity contribution in [1.29, 1.82) is 0 Å². The van der Waals surface area contributed by atoms with Gasteiger partial charge in [0, 0.05) is 5.69 Å². The zero-order valence-electron chi connectivity index (χ0n) is 12.2. The molecule has 0 aliphatic rings. The maximum atomic E-state index is 12.2. The lowest BCUT2D eigenvalue weighted by Gasteiger charge is -2.21. The first-order chi connectivity index (χ1) is 10.1. The number of ether oxygens (including phenoxy) is 2. The molecule has 6 nitrogen and oxygen atoms in total. The Morgan fingerprint density at radius 3 is 2.10 bits per heavy atom. The number of carbonyl (C=O) groups excluding carboxylic acids is 3. The Labute approximate surface area is 123 Å². The van der Waals surface area contributed by atoms with Crippen LogP contribution >= 0.6 is 0 Å².